The van der Waals surface area contributed by atoms with Crippen LogP contribution in [0.25, 0.3) is 0 Å². The molecule has 0 radical (unpaired) electrons. The molecule has 1 atom stereocenters. The highest BCUT2D eigenvalue weighted by Crippen LogP contribution is 2.52. The van der Waals surface area contributed by atoms with Gasteiger partial charge in [-0.3, -0.25) is 9.69 Å². The van der Waals surface area contributed by atoms with Crippen molar-refractivity contribution in [3.63, 3.8) is 0 Å². The fourth-order valence-electron chi connectivity index (χ4n) is 3.83. The van der Waals surface area contributed by atoms with E-state index in [1.54, 1.807) is 18.2 Å². The van der Waals surface area contributed by atoms with E-state index in [2.05, 4.69) is 0 Å². The lowest BCUT2D eigenvalue weighted by Crippen LogP contribution is -2.28. The standard InChI is InChI=1S/C23H19F2NO4/c1-28-18-12-17-19(22(30-3)21(18)29-2)20(13-4-6-14(24)7-5-13)26(23(17)27)16-10-8-15(25)9-11-16/h4-12,20H,1-3H3. The minimum absolute atomic E-state index is 0.315. The zero-order valence-electron chi connectivity index (χ0n) is 16.6. The van der Waals surface area contributed by atoms with Crippen molar-refractivity contribution >= 4 is 11.6 Å². The Morgan fingerprint density at radius 1 is 0.800 bits per heavy atom. The number of halogens is 2. The van der Waals surface area contributed by atoms with E-state index < -0.39 is 17.7 Å². The first-order valence-electron chi connectivity index (χ1n) is 9.17. The molecule has 3 aromatic carbocycles. The van der Waals surface area contributed by atoms with Gasteiger partial charge in [-0.05, 0) is 48.0 Å². The summed E-state index contributed by atoms with van der Waals surface area (Å²) in [5, 5.41) is 0. The lowest BCUT2D eigenvalue weighted by molar-refractivity contribution is 0.0993. The van der Waals surface area contributed by atoms with E-state index in [4.69, 9.17) is 14.2 Å². The quantitative estimate of drug-likeness (QED) is 0.609. The Hall–Kier alpha value is -3.61. The molecule has 7 heteroatoms. The van der Waals surface area contributed by atoms with Crippen molar-refractivity contribution in [2.24, 2.45) is 0 Å². The van der Waals surface area contributed by atoms with E-state index in [0.717, 1.165) is 0 Å². The summed E-state index contributed by atoms with van der Waals surface area (Å²) in [7, 11) is 4.43. The van der Waals surface area contributed by atoms with Gasteiger partial charge >= 0.3 is 0 Å². The van der Waals surface area contributed by atoms with Crippen LogP contribution in [-0.4, -0.2) is 27.2 Å². The van der Waals surface area contributed by atoms with Gasteiger partial charge in [-0.2, -0.15) is 0 Å². The number of carbonyl (C=O) groups is 1. The van der Waals surface area contributed by atoms with Gasteiger partial charge < -0.3 is 14.2 Å². The number of ether oxygens (including phenoxy) is 3. The summed E-state index contributed by atoms with van der Waals surface area (Å²) < 4.78 is 43.6. The van der Waals surface area contributed by atoms with Gasteiger partial charge in [-0.1, -0.05) is 12.1 Å². The summed E-state index contributed by atoms with van der Waals surface area (Å²) in [5.74, 6) is -0.0812. The monoisotopic (exact) mass is 411 g/mol. The summed E-state index contributed by atoms with van der Waals surface area (Å²) in [6.07, 6.45) is 0. The third kappa shape index (κ3) is 3.03. The van der Waals surface area contributed by atoms with E-state index in [-0.39, 0.29) is 5.91 Å². The molecule has 0 aromatic heterocycles. The van der Waals surface area contributed by atoms with E-state index in [1.807, 2.05) is 0 Å². The van der Waals surface area contributed by atoms with Crippen molar-refractivity contribution in [3.8, 4) is 17.2 Å². The minimum atomic E-state index is -0.631. The maximum atomic E-state index is 13.6. The maximum absolute atomic E-state index is 13.6. The predicted molar refractivity (Wildman–Crippen MR) is 108 cm³/mol. The minimum Gasteiger partial charge on any atom is -0.493 e. The predicted octanol–water partition coefficient (Wildman–Crippen LogP) is 4.74. The molecule has 0 aliphatic carbocycles. The van der Waals surface area contributed by atoms with E-state index in [9.17, 15) is 13.6 Å². The molecule has 1 amide bonds. The molecule has 0 N–H and O–H groups in total. The van der Waals surface area contributed by atoms with Gasteiger partial charge in [0, 0.05) is 11.3 Å². The number of hydrogen-bond acceptors (Lipinski definition) is 4. The van der Waals surface area contributed by atoms with Crippen molar-refractivity contribution < 1.29 is 27.8 Å². The average Bonchev–Trinajstić information content (AvgIpc) is 3.05. The molecule has 154 valence electrons. The Morgan fingerprint density at radius 3 is 1.90 bits per heavy atom. The lowest BCUT2D eigenvalue weighted by atomic mass is 9.95. The molecular weight excluding hydrogens is 392 g/mol. The summed E-state index contributed by atoms with van der Waals surface area (Å²) in [5.41, 5.74) is 2.09. The van der Waals surface area contributed by atoms with E-state index >= 15 is 0 Å². The highest BCUT2D eigenvalue weighted by atomic mass is 19.1. The van der Waals surface area contributed by atoms with Gasteiger partial charge in [0.25, 0.3) is 5.91 Å². The van der Waals surface area contributed by atoms with Crippen molar-refractivity contribution in [2.45, 2.75) is 6.04 Å². The number of amides is 1. The fraction of sp³-hybridized carbons (Fsp3) is 0.174. The van der Waals surface area contributed by atoms with Crippen molar-refractivity contribution in [1.82, 2.24) is 0 Å². The Labute approximate surface area is 172 Å². The molecule has 1 aliphatic heterocycles. The van der Waals surface area contributed by atoms with Crippen molar-refractivity contribution in [3.05, 3.63) is 82.9 Å². The van der Waals surface area contributed by atoms with Crippen LogP contribution < -0.4 is 19.1 Å². The summed E-state index contributed by atoms with van der Waals surface area (Å²) in [6.45, 7) is 0. The molecule has 0 fully saturated rings. The van der Waals surface area contributed by atoms with Crippen LogP contribution in [0.5, 0.6) is 17.2 Å². The topological polar surface area (TPSA) is 48.0 Å². The number of nitrogens with zero attached hydrogens (tertiary/aromatic N) is 1. The molecule has 0 saturated heterocycles. The number of anilines is 1. The van der Waals surface area contributed by atoms with Crippen LogP contribution in [0.15, 0.2) is 54.6 Å². The van der Waals surface area contributed by atoms with Crippen LogP contribution in [0.3, 0.4) is 0 Å². The first-order chi connectivity index (χ1) is 14.5. The maximum Gasteiger partial charge on any atom is 0.259 e. The number of carbonyl (C=O) groups excluding carboxylic acids is 1. The van der Waals surface area contributed by atoms with Gasteiger partial charge in [-0.25, -0.2) is 8.78 Å². The van der Waals surface area contributed by atoms with Crippen LogP contribution in [0, 0.1) is 11.6 Å². The van der Waals surface area contributed by atoms with Crippen LogP contribution in [-0.2, 0) is 0 Å². The normalized spacial score (nSPS) is 15.2. The Kier molecular flexibility index (Phi) is 5.03. The van der Waals surface area contributed by atoms with Gasteiger partial charge in [0.05, 0.1) is 32.9 Å². The number of benzene rings is 3. The number of methoxy groups -OCH3 is 3. The number of fused-ring (bicyclic) bond motifs is 1. The van der Waals surface area contributed by atoms with Crippen LogP contribution in [0.4, 0.5) is 14.5 Å². The fourth-order valence-corrected chi connectivity index (χ4v) is 3.83. The van der Waals surface area contributed by atoms with E-state index in [1.165, 1.54) is 62.6 Å². The molecule has 0 spiro atoms. The second kappa shape index (κ2) is 7.67. The molecule has 3 aromatic rings. The lowest BCUT2D eigenvalue weighted by Gasteiger charge is -2.27. The van der Waals surface area contributed by atoms with E-state index in [0.29, 0.717) is 39.6 Å². The van der Waals surface area contributed by atoms with Crippen LogP contribution in [0.2, 0.25) is 0 Å². The largest absolute Gasteiger partial charge is 0.493 e. The van der Waals surface area contributed by atoms with Gasteiger partial charge in [0.1, 0.15) is 11.6 Å². The first-order valence-corrected chi connectivity index (χ1v) is 9.17. The van der Waals surface area contributed by atoms with Crippen LogP contribution in [0.1, 0.15) is 27.5 Å². The van der Waals surface area contributed by atoms with Gasteiger partial charge in [0.15, 0.2) is 11.5 Å². The average molecular weight is 411 g/mol. The second-order valence-electron chi connectivity index (χ2n) is 6.71. The third-order valence-electron chi connectivity index (χ3n) is 5.14. The third-order valence-corrected chi connectivity index (χ3v) is 5.14. The zero-order valence-corrected chi connectivity index (χ0v) is 16.6. The Bertz CT molecular complexity index is 1100. The number of hydrogen-bond donors (Lipinski definition) is 0. The van der Waals surface area contributed by atoms with Gasteiger partial charge in [0.2, 0.25) is 5.75 Å². The Balaban J connectivity index is 2.01. The molecule has 30 heavy (non-hydrogen) atoms. The molecule has 0 saturated carbocycles. The number of rotatable bonds is 5. The zero-order chi connectivity index (χ0) is 21.4. The first kappa shape index (κ1) is 19.7. The molecule has 5 nitrogen and oxygen atoms in total. The molecule has 0 bridgehead atoms. The molecular formula is C23H19F2NO4. The SMILES string of the molecule is COc1cc2c(c(OC)c1OC)C(c1ccc(F)cc1)N(c1ccc(F)cc1)C2=O. The second-order valence-corrected chi connectivity index (χ2v) is 6.71. The molecule has 1 unspecified atom stereocenters. The molecule has 4 rings (SSSR count). The van der Waals surface area contributed by atoms with Crippen molar-refractivity contribution in [2.75, 3.05) is 26.2 Å². The summed E-state index contributed by atoms with van der Waals surface area (Å²) in [6, 6.07) is 12.4. The summed E-state index contributed by atoms with van der Waals surface area (Å²) >= 11 is 0. The van der Waals surface area contributed by atoms with Gasteiger partial charge in [-0.15, -0.1) is 0 Å². The summed E-state index contributed by atoms with van der Waals surface area (Å²) in [4.78, 5) is 15.0. The van der Waals surface area contributed by atoms with Crippen LogP contribution >= 0.6 is 0 Å². The highest BCUT2D eigenvalue weighted by Gasteiger charge is 2.43. The smallest absolute Gasteiger partial charge is 0.259 e. The van der Waals surface area contributed by atoms with Crippen molar-refractivity contribution in [1.29, 1.82) is 0 Å². The highest BCUT2D eigenvalue weighted by molar-refractivity contribution is 6.13. The molecule has 1 aliphatic rings. The molecule has 1 heterocycles. The Morgan fingerprint density at radius 2 is 1.37 bits per heavy atom.